The Balaban J connectivity index is 1.79. The minimum absolute atomic E-state index is 0.466. The molecule has 6 nitrogen and oxygen atoms in total. The molecule has 142 valence electrons. The lowest BCUT2D eigenvalue weighted by Crippen LogP contribution is -2.37. The predicted octanol–water partition coefficient (Wildman–Crippen LogP) is 3.49. The summed E-state index contributed by atoms with van der Waals surface area (Å²) in [5.74, 6) is 2.91. The van der Waals surface area contributed by atoms with Crippen LogP contribution < -0.4 is 15.4 Å². The monoisotopic (exact) mass is 358 g/mol. The van der Waals surface area contributed by atoms with E-state index in [1.54, 1.807) is 14.2 Å². The number of aliphatic imine (C=N–C) groups is 1. The summed E-state index contributed by atoms with van der Waals surface area (Å²) >= 11 is 0. The standard InChI is InChI=1S/C20H30N4O2/c1-5-16(6-2)19-13-18(26-24-19)14-23-20(21-3)22-11-10-15-8-7-9-17(12-15)25-4/h7-9,12-13,16H,5-6,10-11,14H2,1-4H3,(H2,21,22,23). The first-order valence-electron chi connectivity index (χ1n) is 9.23. The lowest BCUT2D eigenvalue weighted by atomic mass is 9.99. The largest absolute Gasteiger partial charge is 0.497 e. The van der Waals surface area contributed by atoms with Crippen molar-refractivity contribution in [1.29, 1.82) is 0 Å². The van der Waals surface area contributed by atoms with Gasteiger partial charge in [0.1, 0.15) is 5.75 Å². The molecule has 0 radical (unpaired) electrons. The van der Waals surface area contributed by atoms with Gasteiger partial charge in [-0.25, -0.2) is 0 Å². The van der Waals surface area contributed by atoms with Gasteiger partial charge in [-0.2, -0.15) is 0 Å². The van der Waals surface area contributed by atoms with Gasteiger partial charge in [-0.15, -0.1) is 0 Å². The van der Waals surface area contributed by atoms with Crippen LogP contribution >= 0.6 is 0 Å². The van der Waals surface area contributed by atoms with E-state index in [1.807, 2.05) is 24.3 Å². The van der Waals surface area contributed by atoms with Crippen LogP contribution in [0, 0.1) is 0 Å². The molecule has 2 N–H and O–H groups in total. The summed E-state index contributed by atoms with van der Waals surface area (Å²) < 4.78 is 10.7. The van der Waals surface area contributed by atoms with Gasteiger partial charge in [0, 0.05) is 25.6 Å². The van der Waals surface area contributed by atoms with Crippen molar-refractivity contribution in [1.82, 2.24) is 15.8 Å². The summed E-state index contributed by atoms with van der Waals surface area (Å²) in [7, 11) is 3.44. The molecule has 0 aliphatic heterocycles. The van der Waals surface area contributed by atoms with E-state index < -0.39 is 0 Å². The molecule has 1 aromatic heterocycles. The lowest BCUT2D eigenvalue weighted by Gasteiger charge is -2.11. The van der Waals surface area contributed by atoms with E-state index in [0.717, 1.165) is 49.0 Å². The quantitative estimate of drug-likeness (QED) is 0.530. The number of nitrogens with one attached hydrogen (secondary N) is 2. The molecule has 0 aliphatic carbocycles. The molecular weight excluding hydrogens is 328 g/mol. The molecule has 2 aromatic rings. The van der Waals surface area contributed by atoms with Crippen molar-refractivity contribution in [3.63, 3.8) is 0 Å². The molecule has 0 bridgehead atoms. The molecule has 0 atom stereocenters. The summed E-state index contributed by atoms with van der Waals surface area (Å²) in [6.45, 7) is 5.69. The third kappa shape index (κ3) is 5.79. The van der Waals surface area contributed by atoms with E-state index in [0.29, 0.717) is 12.5 Å². The SMILES string of the molecule is CCC(CC)c1cc(CNC(=NC)NCCc2cccc(OC)c2)on1. The van der Waals surface area contributed by atoms with Crippen molar-refractivity contribution < 1.29 is 9.26 Å². The molecule has 0 aliphatic rings. The van der Waals surface area contributed by atoms with Crippen molar-refractivity contribution in [2.45, 2.75) is 45.6 Å². The number of hydrogen-bond acceptors (Lipinski definition) is 4. The Hall–Kier alpha value is -2.50. The van der Waals surface area contributed by atoms with Crippen molar-refractivity contribution >= 4 is 5.96 Å². The molecule has 6 heteroatoms. The van der Waals surface area contributed by atoms with Crippen molar-refractivity contribution in [3.05, 3.63) is 47.3 Å². The van der Waals surface area contributed by atoms with Gasteiger partial charge < -0.3 is 19.9 Å². The molecule has 0 amide bonds. The van der Waals surface area contributed by atoms with Crippen LogP contribution in [-0.4, -0.2) is 31.8 Å². The van der Waals surface area contributed by atoms with Crippen molar-refractivity contribution in [2.24, 2.45) is 4.99 Å². The fourth-order valence-electron chi connectivity index (χ4n) is 2.86. The van der Waals surface area contributed by atoms with Crippen LogP contribution in [0.15, 0.2) is 39.8 Å². The lowest BCUT2D eigenvalue weighted by molar-refractivity contribution is 0.368. The van der Waals surface area contributed by atoms with Crippen LogP contribution in [0.3, 0.4) is 0 Å². The Morgan fingerprint density at radius 3 is 2.73 bits per heavy atom. The van der Waals surface area contributed by atoms with Crippen molar-refractivity contribution in [3.8, 4) is 5.75 Å². The van der Waals surface area contributed by atoms with Crippen LogP contribution in [0.4, 0.5) is 0 Å². The normalized spacial score (nSPS) is 11.7. The van der Waals surface area contributed by atoms with Gasteiger partial charge >= 0.3 is 0 Å². The van der Waals surface area contributed by atoms with Crippen LogP contribution in [-0.2, 0) is 13.0 Å². The Bertz CT molecular complexity index is 693. The predicted molar refractivity (Wildman–Crippen MR) is 105 cm³/mol. The Labute approximate surface area is 156 Å². The van der Waals surface area contributed by atoms with Crippen LogP contribution in [0.2, 0.25) is 0 Å². The number of benzene rings is 1. The van der Waals surface area contributed by atoms with E-state index in [1.165, 1.54) is 5.56 Å². The van der Waals surface area contributed by atoms with Gasteiger partial charge in [0.05, 0.1) is 19.3 Å². The van der Waals surface area contributed by atoms with Crippen LogP contribution in [0.1, 0.15) is 49.6 Å². The molecule has 26 heavy (non-hydrogen) atoms. The number of rotatable bonds is 9. The number of aromatic nitrogens is 1. The van der Waals surface area contributed by atoms with E-state index in [9.17, 15) is 0 Å². The van der Waals surface area contributed by atoms with Gasteiger partial charge in [-0.3, -0.25) is 4.99 Å². The number of nitrogens with zero attached hydrogens (tertiary/aromatic N) is 2. The highest BCUT2D eigenvalue weighted by Gasteiger charge is 2.13. The zero-order chi connectivity index (χ0) is 18.8. The van der Waals surface area contributed by atoms with Gasteiger partial charge in [-0.05, 0) is 37.0 Å². The molecule has 1 aromatic carbocycles. The maximum absolute atomic E-state index is 5.43. The topological polar surface area (TPSA) is 71.7 Å². The molecule has 0 saturated carbocycles. The average Bonchev–Trinajstić information content (AvgIpc) is 3.14. The minimum atomic E-state index is 0.466. The maximum atomic E-state index is 5.43. The number of ether oxygens (including phenoxy) is 1. The third-order valence-corrected chi connectivity index (χ3v) is 4.47. The van der Waals surface area contributed by atoms with Crippen LogP contribution in [0.5, 0.6) is 5.75 Å². The van der Waals surface area contributed by atoms with Crippen molar-refractivity contribution in [2.75, 3.05) is 20.7 Å². The van der Waals surface area contributed by atoms with Gasteiger partial charge in [0.2, 0.25) is 0 Å². The van der Waals surface area contributed by atoms with Gasteiger partial charge in [0.15, 0.2) is 11.7 Å². The molecule has 1 heterocycles. The Morgan fingerprint density at radius 2 is 2.04 bits per heavy atom. The van der Waals surface area contributed by atoms with E-state index in [-0.39, 0.29) is 0 Å². The summed E-state index contributed by atoms with van der Waals surface area (Å²) in [4.78, 5) is 4.25. The Kier molecular flexibility index (Phi) is 7.99. The van der Waals surface area contributed by atoms with E-state index in [2.05, 4.69) is 40.7 Å². The minimum Gasteiger partial charge on any atom is -0.497 e. The molecule has 2 rings (SSSR count). The highest BCUT2D eigenvalue weighted by Crippen LogP contribution is 2.22. The highest BCUT2D eigenvalue weighted by atomic mass is 16.5. The molecule has 0 saturated heterocycles. The molecule has 0 unspecified atom stereocenters. The van der Waals surface area contributed by atoms with Gasteiger partial charge in [0.25, 0.3) is 0 Å². The summed E-state index contributed by atoms with van der Waals surface area (Å²) in [6, 6.07) is 10.1. The molecule has 0 spiro atoms. The highest BCUT2D eigenvalue weighted by molar-refractivity contribution is 5.79. The average molecular weight is 358 g/mol. The first kappa shape index (κ1) is 19.8. The zero-order valence-corrected chi connectivity index (χ0v) is 16.2. The molecule has 0 fully saturated rings. The number of hydrogen-bond donors (Lipinski definition) is 2. The van der Waals surface area contributed by atoms with E-state index in [4.69, 9.17) is 9.26 Å². The summed E-state index contributed by atoms with van der Waals surface area (Å²) in [6.07, 6.45) is 3.03. The first-order chi connectivity index (χ1) is 12.7. The second kappa shape index (κ2) is 10.5. The number of methoxy groups -OCH3 is 1. The van der Waals surface area contributed by atoms with Crippen LogP contribution in [0.25, 0.3) is 0 Å². The summed E-state index contributed by atoms with van der Waals surface area (Å²) in [5.41, 5.74) is 2.25. The number of guanidine groups is 1. The smallest absolute Gasteiger partial charge is 0.191 e. The second-order valence-electron chi connectivity index (χ2n) is 6.19. The Morgan fingerprint density at radius 1 is 1.23 bits per heavy atom. The van der Waals surface area contributed by atoms with Gasteiger partial charge in [-0.1, -0.05) is 31.1 Å². The third-order valence-electron chi connectivity index (χ3n) is 4.47. The fraction of sp³-hybridized carbons (Fsp3) is 0.500. The maximum Gasteiger partial charge on any atom is 0.191 e. The fourth-order valence-corrected chi connectivity index (χ4v) is 2.86. The zero-order valence-electron chi connectivity index (χ0n) is 16.2. The molecular formula is C20H30N4O2. The second-order valence-corrected chi connectivity index (χ2v) is 6.19. The summed E-state index contributed by atoms with van der Waals surface area (Å²) in [5, 5.41) is 10.8. The van der Waals surface area contributed by atoms with E-state index >= 15 is 0 Å². The first-order valence-corrected chi connectivity index (χ1v) is 9.23.